The predicted octanol–water partition coefficient (Wildman–Crippen LogP) is 2.21. The van der Waals surface area contributed by atoms with E-state index in [-0.39, 0.29) is 62.7 Å². The van der Waals surface area contributed by atoms with Gasteiger partial charge < -0.3 is 21.5 Å². The Morgan fingerprint density at radius 1 is 1.46 bits per heavy atom. The zero-order valence-corrected chi connectivity index (χ0v) is 19.7. The number of fused-ring (bicyclic) bond motifs is 2. The van der Waals surface area contributed by atoms with Crippen molar-refractivity contribution in [2.75, 3.05) is 12.3 Å². The average Bonchev–Trinajstić information content (AvgIpc) is 3.52. The number of anilines is 1. The van der Waals surface area contributed by atoms with Gasteiger partial charge in [0.1, 0.15) is 34.6 Å². The number of H-pyrrole nitrogens is 1. The van der Waals surface area contributed by atoms with Crippen molar-refractivity contribution in [3.8, 4) is 34.3 Å². The van der Waals surface area contributed by atoms with E-state index in [1.807, 2.05) is 0 Å². The molecule has 0 radical (unpaired) electrons. The molecule has 1 aromatic carbocycles. The average molecular weight is 505 g/mol. The zero-order chi connectivity index (χ0) is 28.6. The summed E-state index contributed by atoms with van der Waals surface area (Å²) >= 11 is 0. The molecule has 3 aromatic heterocycles. The first-order valence-corrected chi connectivity index (χ1v) is 11.6. The van der Waals surface area contributed by atoms with Gasteiger partial charge in [-0.2, -0.15) is 15.5 Å². The highest BCUT2D eigenvalue weighted by Crippen LogP contribution is 2.54. The van der Waals surface area contributed by atoms with E-state index in [1.54, 1.807) is 7.05 Å². The highest BCUT2D eigenvalue weighted by molar-refractivity contribution is 5.96. The Morgan fingerprint density at radius 2 is 2.27 bits per heavy atom. The van der Waals surface area contributed by atoms with Crippen LogP contribution in [0.2, 0.25) is 0 Å². The van der Waals surface area contributed by atoms with Gasteiger partial charge in [0.25, 0.3) is 5.56 Å². The maximum absolute atomic E-state index is 15.9. The molecule has 1 atom stereocenters. The number of benzene rings is 1. The SMILES string of the molecule is [2H]C([2H])([2H])Nc1nc(-c2cnn(C)c2-c2c(F)cc3c(c2C#N)OC2(CC2)CC3N)cc2c(CN)n[nH]c(=O)c12. The summed E-state index contributed by atoms with van der Waals surface area (Å²) in [5.41, 5.74) is 12.3. The summed E-state index contributed by atoms with van der Waals surface area (Å²) in [6, 6.07) is 4.42. The van der Waals surface area contributed by atoms with Gasteiger partial charge in [-0.1, -0.05) is 0 Å². The molecule has 0 bridgehead atoms. The molecule has 1 fully saturated rings. The Hall–Kier alpha value is -4.34. The van der Waals surface area contributed by atoms with Crippen molar-refractivity contribution < 1.29 is 13.2 Å². The van der Waals surface area contributed by atoms with Crippen molar-refractivity contribution in [2.24, 2.45) is 18.5 Å². The van der Waals surface area contributed by atoms with Crippen LogP contribution in [-0.2, 0) is 13.6 Å². The van der Waals surface area contributed by atoms with E-state index in [2.05, 4.69) is 31.7 Å². The van der Waals surface area contributed by atoms with Crippen LogP contribution in [0.4, 0.5) is 10.2 Å². The van der Waals surface area contributed by atoms with Crippen molar-refractivity contribution >= 4 is 16.6 Å². The van der Waals surface area contributed by atoms with Crippen LogP contribution in [0, 0.1) is 17.1 Å². The van der Waals surface area contributed by atoms with E-state index in [1.165, 1.54) is 23.0 Å². The van der Waals surface area contributed by atoms with E-state index in [0.717, 1.165) is 12.8 Å². The number of hydrogen-bond acceptors (Lipinski definition) is 9. The number of rotatable bonds is 4. The van der Waals surface area contributed by atoms with Crippen LogP contribution in [0.15, 0.2) is 23.1 Å². The lowest BCUT2D eigenvalue weighted by molar-refractivity contribution is 0.136. The highest BCUT2D eigenvalue weighted by atomic mass is 19.1. The number of nitrogens with two attached hydrogens (primary N) is 2. The van der Waals surface area contributed by atoms with Crippen molar-refractivity contribution in [1.29, 1.82) is 5.26 Å². The van der Waals surface area contributed by atoms with Gasteiger partial charge in [-0.15, -0.1) is 0 Å². The summed E-state index contributed by atoms with van der Waals surface area (Å²) in [6.07, 6.45) is 3.55. The third-order valence-electron chi connectivity index (χ3n) is 7.10. The molecule has 0 saturated heterocycles. The molecular formula is C25H24FN9O2. The molecule has 11 nitrogen and oxygen atoms in total. The normalized spacial score (nSPS) is 18.9. The van der Waals surface area contributed by atoms with Gasteiger partial charge in [-0.3, -0.25) is 9.48 Å². The van der Waals surface area contributed by atoms with Crippen molar-refractivity contribution in [3.05, 3.63) is 51.3 Å². The lowest BCUT2D eigenvalue weighted by atomic mass is 9.89. The summed E-state index contributed by atoms with van der Waals surface area (Å²) in [4.78, 5) is 17.1. The number of aromatic nitrogens is 5. The van der Waals surface area contributed by atoms with Gasteiger partial charge in [0, 0.05) is 53.7 Å². The number of aromatic amines is 1. The second-order valence-electron chi connectivity index (χ2n) is 9.37. The molecule has 1 unspecified atom stereocenters. The van der Waals surface area contributed by atoms with E-state index in [4.69, 9.17) is 20.3 Å². The summed E-state index contributed by atoms with van der Waals surface area (Å²) in [6.45, 7) is -2.76. The Morgan fingerprint density at radius 3 is 2.97 bits per heavy atom. The Kier molecular flexibility index (Phi) is 4.33. The summed E-state index contributed by atoms with van der Waals surface area (Å²) in [7, 11) is 1.58. The Labute approximate surface area is 214 Å². The topological polar surface area (TPSA) is 174 Å². The van der Waals surface area contributed by atoms with Gasteiger partial charge in [0.05, 0.1) is 34.2 Å². The predicted molar refractivity (Wildman–Crippen MR) is 134 cm³/mol. The van der Waals surface area contributed by atoms with Crippen LogP contribution in [0.5, 0.6) is 5.75 Å². The van der Waals surface area contributed by atoms with E-state index < -0.39 is 30.0 Å². The van der Waals surface area contributed by atoms with Crippen LogP contribution < -0.4 is 27.1 Å². The monoisotopic (exact) mass is 504 g/mol. The number of ether oxygens (including phenoxy) is 1. The van der Waals surface area contributed by atoms with Gasteiger partial charge in [-0.25, -0.2) is 14.5 Å². The lowest BCUT2D eigenvalue weighted by Crippen LogP contribution is -2.32. The standard InChI is InChI=1S/C25H24FN9O2/c1-30-23-20-12(18(9-28)33-34-24(20)36)6-17(32-23)14-10-31-35(2)21(14)19-13(8-27)22-11(5-15(19)26)16(29)7-25(37-22)3-4-25/h5-6,10,16H,3-4,7,9,28-29H2,1-2H3,(H,30,32)(H,34,36)/i1D3. The smallest absolute Gasteiger partial charge is 0.275 e. The van der Waals surface area contributed by atoms with Gasteiger partial charge in [-0.05, 0) is 25.0 Å². The molecule has 4 heterocycles. The Balaban J connectivity index is 1.62. The molecule has 6 N–H and O–H groups in total. The first kappa shape index (κ1) is 19.8. The van der Waals surface area contributed by atoms with E-state index >= 15 is 4.39 Å². The van der Waals surface area contributed by atoms with Crippen LogP contribution in [0.3, 0.4) is 0 Å². The molecule has 12 heteroatoms. The molecule has 2 aliphatic rings. The molecule has 1 aliphatic carbocycles. The van der Waals surface area contributed by atoms with Crippen LogP contribution >= 0.6 is 0 Å². The number of nitrogens with one attached hydrogen (secondary N) is 2. The quantitative estimate of drug-likeness (QED) is 0.325. The molecular weight excluding hydrogens is 477 g/mol. The van der Waals surface area contributed by atoms with Gasteiger partial charge >= 0.3 is 0 Å². The number of pyridine rings is 1. The van der Waals surface area contributed by atoms with Crippen LogP contribution in [0.1, 0.15) is 46.2 Å². The van der Waals surface area contributed by atoms with Crippen molar-refractivity contribution in [3.63, 3.8) is 0 Å². The number of nitriles is 1. The third kappa shape index (κ3) is 3.39. The first-order chi connectivity index (χ1) is 18.9. The maximum Gasteiger partial charge on any atom is 0.275 e. The summed E-state index contributed by atoms with van der Waals surface area (Å²) in [5.74, 6) is -0.690. The minimum absolute atomic E-state index is 0.0244. The molecule has 0 amide bonds. The van der Waals surface area contributed by atoms with E-state index in [9.17, 15) is 10.1 Å². The molecule has 1 saturated carbocycles. The molecule has 4 aromatic rings. The third-order valence-corrected chi connectivity index (χ3v) is 7.10. The largest absolute Gasteiger partial charge is 0.485 e. The fraction of sp³-hybridized carbons (Fsp3) is 0.320. The number of aryl methyl sites for hydroxylation is 1. The lowest BCUT2D eigenvalue weighted by Gasteiger charge is -2.32. The minimum atomic E-state index is -2.69. The maximum atomic E-state index is 15.9. The zero-order valence-electron chi connectivity index (χ0n) is 22.7. The van der Waals surface area contributed by atoms with Gasteiger partial charge in [0.15, 0.2) is 0 Å². The molecule has 6 rings (SSSR count). The van der Waals surface area contributed by atoms with E-state index in [0.29, 0.717) is 12.0 Å². The fourth-order valence-electron chi connectivity index (χ4n) is 5.13. The second-order valence-corrected chi connectivity index (χ2v) is 9.37. The first-order valence-electron chi connectivity index (χ1n) is 13.1. The molecule has 188 valence electrons. The highest BCUT2D eigenvalue weighted by Gasteiger charge is 2.51. The number of nitrogens with zero attached hydrogens (tertiary/aromatic N) is 5. The van der Waals surface area contributed by atoms with Crippen LogP contribution in [-0.4, -0.2) is 37.5 Å². The summed E-state index contributed by atoms with van der Waals surface area (Å²) in [5, 5.41) is 23.3. The fourth-order valence-corrected chi connectivity index (χ4v) is 5.13. The van der Waals surface area contributed by atoms with Crippen molar-refractivity contribution in [2.45, 2.75) is 37.5 Å². The number of halogens is 1. The second kappa shape index (κ2) is 8.09. The molecule has 1 spiro atoms. The Bertz CT molecular complexity index is 1800. The molecule has 1 aliphatic heterocycles. The molecule has 37 heavy (non-hydrogen) atoms. The number of hydrogen-bond donors (Lipinski definition) is 4. The van der Waals surface area contributed by atoms with Crippen LogP contribution in [0.25, 0.3) is 33.3 Å². The van der Waals surface area contributed by atoms with Crippen molar-refractivity contribution in [1.82, 2.24) is 25.0 Å². The minimum Gasteiger partial charge on any atom is -0.485 e. The van der Waals surface area contributed by atoms with Gasteiger partial charge in [0.2, 0.25) is 0 Å². The summed E-state index contributed by atoms with van der Waals surface area (Å²) < 4.78 is 46.6.